The summed E-state index contributed by atoms with van der Waals surface area (Å²) in [5, 5.41) is -1.01. The van der Waals surface area contributed by atoms with Crippen LogP contribution in [0, 0.1) is 0 Å². The van der Waals surface area contributed by atoms with E-state index in [4.69, 9.17) is 29.7 Å². The normalized spacial score (nSPS) is 13.1. The first-order chi connectivity index (χ1) is 9.44. The molecule has 0 rings (SSSR count). The van der Waals surface area contributed by atoms with Crippen molar-refractivity contribution >= 4 is 26.8 Å². The van der Waals surface area contributed by atoms with Crippen LogP contribution >= 0.6 is 26.8 Å². The zero-order valence-corrected chi connectivity index (χ0v) is 15.1. The Bertz CT molecular complexity index is 302. The fourth-order valence-electron chi connectivity index (χ4n) is 1.73. The van der Waals surface area contributed by atoms with E-state index < -0.39 is 20.6 Å². The Morgan fingerprint density at radius 3 is 1.30 bits per heavy atom. The van der Waals surface area contributed by atoms with E-state index in [1.165, 1.54) is 0 Å². The molecule has 6 nitrogen and oxygen atoms in total. The van der Waals surface area contributed by atoms with E-state index in [2.05, 4.69) is 0 Å². The van der Waals surface area contributed by atoms with Gasteiger partial charge in [0.25, 0.3) is 0 Å². The first kappa shape index (κ1) is 20.6. The minimum atomic E-state index is -3.62. The highest BCUT2D eigenvalue weighted by atomic mass is 35.5. The Hall–Kier alpha value is 0.590. The number of hydrogen-bond acceptors (Lipinski definition) is 6. The molecule has 0 unspecified atom stereocenters. The molecule has 0 aromatic heterocycles. The predicted octanol–water partition coefficient (Wildman–Crippen LogP) is 4.47. The molecule has 0 aromatic carbocycles. The molecule has 0 aromatic rings. The van der Waals surface area contributed by atoms with E-state index >= 15 is 0 Å². The lowest BCUT2D eigenvalue weighted by Crippen LogP contribution is -2.18. The van der Waals surface area contributed by atoms with Gasteiger partial charge in [-0.25, -0.2) is 0 Å². The average Bonchev–Trinajstić information content (AvgIpc) is 2.36. The first-order valence-corrected chi connectivity index (χ1v) is 10.5. The van der Waals surface area contributed by atoms with Crippen LogP contribution in [-0.2, 0) is 27.2 Å². The Kier molecular flexibility index (Phi) is 10.6. The van der Waals surface area contributed by atoms with Crippen molar-refractivity contribution in [3.8, 4) is 0 Å². The second-order valence-electron chi connectivity index (χ2n) is 3.71. The number of halogens is 1. The van der Waals surface area contributed by atoms with Gasteiger partial charge in [-0.15, -0.1) is 11.6 Å². The molecule has 0 aliphatic rings. The molecule has 0 bridgehead atoms. The van der Waals surface area contributed by atoms with Gasteiger partial charge in [0.2, 0.25) is 0 Å². The van der Waals surface area contributed by atoms with Crippen molar-refractivity contribution < 1.29 is 27.2 Å². The van der Waals surface area contributed by atoms with Crippen LogP contribution in [0.25, 0.3) is 0 Å². The van der Waals surface area contributed by atoms with Crippen LogP contribution in [-0.4, -0.2) is 37.7 Å². The summed E-state index contributed by atoms with van der Waals surface area (Å²) in [5.41, 5.74) is 0. The summed E-state index contributed by atoms with van der Waals surface area (Å²) in [6, 6.07) is 0. The molecule has 122 valence electrons. The molecule has 9 heteroatoms. The summed E-state index contributed by atoms with van der Waals surface area (Å²) in [6.07, 6.45) is 0.163. The van der Waals surface area contributed by atoms with Crippen LogP contribution in [0.1, 0.15) is 34.1 Å². The predicted molar refractivity (Wildman–Crippen MR) is 80.8 cm³/mol. The molecular formula is C11H25ClO6P2. The summed E-state index contributed by atoms with van der Waals surface area (Å²) >= 11 is 5.74. The van der Waals surface area contributed by atoms with Crippen LogP contribution in [0.2, 0.25) is 0 Å². The standard InChI is InChI=1S/C11H25ClO6P2/c1-5-15-19(13,16-6-2)11(9-10-12)20(14,17-7-3)18-8-4/h11H,5-10H2,1-4H3. The fourth-order valence-corrected chi connectivity index (χ4v) is 7.60. The molecule has 0 amide bonds. The van der Waals surface area contributed by atoms with Gasteiger partial charge in [0.15, 0.2) is 5.40 Å². The highest BCUT2D eigenvalue weighted by Crippen LogP contribution is 2.71. The van der Waals surface area contributed by atoms with E-state index in [0.29, 0.717) is 0 Å². The van der Waals surface area contributed by atoms with Crippen LogP contribution in [0.3, 0.4) is 0 Å². The molecule has 0 radical (unpaired) electrons. The van der Waals surface area contributed by atoms with Gasteiger partial charge in [0.05, 0.1) is 26.4 Å². The van der Waals surface area contributed by atoms with Crippen LogP contribution < -0.4 is 0 Å². The zero-order valence-electron chi connectivity index (χ0n) is 12.5. The largest absolute Gasteiger partial charge is 0.345 e. The Morgan fingerprint density at radius 2 is 1.10 bits per heavy atom. The molecular weight excluding hydrogens is 326 g/mol. The van der Waals surface area contributed by atoms with Gasteiger partial charge in [-0.2, -0.15) is 0 Å². The Labute approximate surface area is 126 Å². The summed E-state index contributed by atoms with van der Waals surface area (Å²) in [6.45, 7) is 7.46. The van der Waals surface area contributed by atoms with Gasteiger partial charge in [-0.3, -0.25) is 9.13 Å². The SMILES string of the molecule is CCOP(=O)(OCC)C(CCCl)P(=O)(OCC)OCC. The van der Waals surface area contributed by atoms with Gasteiger partial charge < -0.3 is 18.1 Å². The van der Waals surface area contributed by atoms with E-state index in [1.54, 1.807) is 27.7 Å². The molecule has 0 N–H and O–H groups in total. The van der Waals surface area contributed by atoms with Crippen molar-refractivity contribution in [2.45, 2.75) is 39.5 Å². The van der Waals surface area contributed by atoms with Crippen LogP contribution in [0.5, 0.6) is 0 Å². The lowest BCUT2D eigenvalue weighted by Gasteiger charge is -2.30. The third-order valence-electron chi connectivity index (χ3n) is 2.33. The molecule has 0 atom stereocenters. The highest BCUT2D eigenvalue weighted by Gasteiger charge is 2.50. The summed E-state index contributed by atoms with van der Waals surface area (Å²) in [7, 11) is -7.25. The highest BCUT2D eigenvalue weighted by molar-refractivity contribution is 7.72. The molecule has 0 aliphatic carbocycles. The Balaban J connectivity index is 5.53. The fraction of sp³-hybridized carbons (Fsp3) is 1.00. The monoisotopic (exact) mass is 350 g/mol. The number of hydrogen-bond donors (Lipinski definition) is 0. The molecule has 0 heterocycles. The maximum absolute atomic E-state index is 12.9. The van der Waals surface area contributed by atoms with Gasteiger partial charge >= 0.3 is 15.2 Å². The van der Waals surface area contributed by atoms with E-state index in [-0.39, 0.29) is 38.7 Å². The molecule has 0 spiro atoms. The second kappa shape index (κ2) is 10.3. The molecule has 20 heavy (non-hydrogen) atoms. The van der Waals surface area contributed by atoms with Gasteiger partial charge in [-0.1, -0.05) is 0 Å². The summed E-state index contributed by atoms with van der Waals surface area (Å²) in [4.78, 5) is 0. The lowest BCUT2D eigenvalue weighted by molar-refractivity contribution is 0.194. The van der Waals surface area contributed by atoms with Gasteiger partial charge in [-0.05, 0) is 34.1 Å². The van der Waals surface area contributed by atoms with Crippen molar-refractivity contribution in [1.82, 2.24) is 0 Å². The second-order valence-corrected chi connectivity index (χ2v) is 8.93. The minimum absolute atomic E-state index is 0.152. The molecule has 0 aliphatic heterocycles. The van der Waals surface area contributed by atoms with Crippen molar-refractivity contribution in [2.75, 3.05) is 32.3 Å². The number of alkyl halides is 1. The van der Waals surface area contributed by atoms with E-state index in [0.717, 1.165) is 0 Å². The quantitative estimate of drug-likeness (QED) is 0.382. The third-order valence-corrected chi connectivity index (χ3v) is 8.70. The van der Waals surface area contributed by atoms with Crippen LogP contribution in [0.4, 0.5) is 0 Å². The number of rotatable bonds is 12. The van der Waals surface area contributed by atoms with Crippen LogP contribution in [0.15, 0.2) is 0 Å². The molecule has 0 fully saturated rings. The minimum Gasteiger partial charge on any atom is -0.308 e. The van der Waals surface area contributed by atoms with Crippen molar-refractivity contribution in [2.24, 2.45) is 0 Å². The lowest BCUT2D eigenvalue weighted by atomic mass is 10.6. The Morgan fingerprint density at radius 1 is 0.800 bits per heavy atom. The van der Waals surface area contributed by atoms with Gasteiger partial charge in [0.1, 0.15) is 0 Å². The average molecular weight is 351 g/mol. The summed E-state index contributed by atoms with van der Waals surface area (Å²) in [5.74, 6) is 0.152. The van der Waals surface area contributed by atoms with E-state index in [9.17, 15) is 9.13 Å². The smallest absolute Gasteiger partial charge is 0.308 e. The third kappa shape index (κ3) is 5.76. The maximum Gasteiger partial charge on any atom is 0.345 e. The molecule has 0 saturated heterocycles. The van der Waals surface area contributed by atoms with E-state index in [1.807, 2.05) is 0 Å². The van der Waals surface area contributed by atoms with Crippen molar-refractivity contribution in [3.63, 3.8) is 0 Å². The van der Waals surface area contributed by atoms with Crippen molar-refractivity contribution in [1.29, 1.82) is 0 Å². The first-order valence-electron chi connectivity index (χ1n) is 6.77. The van der Waals surface area contributed by atoms with Crippen molar-refractivity contribution in [3.05, 3.63) is 0 Å². The maximum atomic E-state index is 12.9. The van der Waals surface area contributed by atoms with Gasteiger partial charge in [0, 0.05) is 5.88 Å². The summed E-state index contributed by atoms with van der Waals surface area (Å²) < 4.78 is 46.8. The zero-order chi connectivity index (χ0) is 15.6. The molecule has 0 saturated carbocycles. The topological polar surface area (TPSA) is 71.1 Å².